The van der Waals surface area contributed by atoms with Crippen LogP contribution < -0.4 is 5.32 Å². The number of nitrogens with one attached hydrogen (secondary N) is 2. The second-order valence-electron chi connectivity index (χ2n) is 5.72. The van der Waals surface area contributed by atoms with Crippen LogP contribution in [0.2, 0.25) is 5.02 Å². The number of nitrogens with zero attached hydrogens (tertiary/aromatic N) is 3. The van der Waals surface area contributed by atoms with E-state index in [4.69, 9.17) is 11.6 Å². The monoisotopic (exact) mass is 383 g/mol. The van der Waals surface area contributed by atoms with Crippen molar-refractivity contribution >= 4 is 57.0 Å². The molecule has 1 amide bonds. The van der Waals surface area contributed by atoms with Crippen LogP contribution in [0.4, 0.5) is 5.69 Å². The van der Waals surface area contributed by atoms with Gasteiger partial charge in [0.05, 0.1) is 5.25 Å². The zero-order chi connectivity index (χ0) is 18.1. The first-order chi connectivity index (χ1) is 12.6. The molecule has 0 aliphatic rings. The third-order valence-electron chi connectivity index (χ3n) is 3.87. The van der Waals surface area contributed by atoms with E-state index in [9.17, 15) is 4.79 Å². The fourth-order valence-corrected chi connectivity index (χ4v) is 3.38. The maximum absolute atomic E-state index is 12.4. The Bertz CT molecular complexity index is 1100. The first-order valence-corrected chi connectivity index (χ1v) is 9.20. The van der Waals surface area contributed by atoms with Gasteiger partial charge in [-0.2, -0.15) is 0 Å². The molecule has 0 saturated carbocycles. The second kappa shape index (κ2) is 6.93. The summed E-state index contributed by atoms with van der Waals surface area (Å²) in [4.78, 5) is 20.1. The number of H-pyrrole nitrogens is 1. The number of rotatable bonds is 4. The van der Waals surface area contributed by atoms with Crippen LogP contribution in [0.5, 0.6) is 0 Å². The number of aromatic nitrogens is 4. The van der Waals surface area contributed by atoms with E-state index >= 15 is 0 Å². The number of fused-ring (bicyclic) bond motifs is 3. The largest absolute Gasteiger partial charge is 0.338 e. The van der Waals surface area contributed by atoms with E-state index in [0.29, 0.717) is 21.5 Å². The van der Waals surface area contributed by atoms with E-state index in [1.54, 1.807) is 31.2 Å². The minimum absolute atomic E-state index is 0.141. The molecule has 6 nitrogen and oxygen atoms in total. The Morgan fingerprint density at radius 2 is 1.92 bits per heavy atom. The van der Waals surface area contributed by atoms with E-state index in [1.165, 1.54) is 11.8 Å². The number of benzene rings is 2. The molecule has 8 heteroatoms. The van der Waals surface area contributed by atoms with Crippen molar-refractivity contribution in [3.63, 3.8) is 0 Å². The molecule has 2 aromatic heterocycles. The summed E-state index contributed by atoms with van der Waals surface area (Å²) in [6.07, 6.45) is 0. The third kappa shape index (κ3) is 3.36. The van der Waals surface area contributed by atoms with Gasteiger partial charge >= 0.3 is 0 Å². The Hall–Kier alpha value is -2.64. The summed E-state index contributed by atoms with van der Waals surface area (Å²) in [5, 5.41) is 12.9. The minimum atomic E-state index is -0.380. The van der Waals surface area contributed by atoms with Crippen LogP contribution in [0.25, 0.3) is 22.1 Å². The average Bonchev–Trinajstić information content (AvgIpc) is 3.01. The number of carbonyl (C=O) groups excluding carboxylic acids is 1. The molecule has 0 aliphatic heterocycles. The molecule has 0 radical (unpaired) electrons. The summed E-state index contributed by atoms with van der Waals surface area (Å²) in [5.74, 6) is -0.141. The third-order valence-corrected chi connectivity index (χ3v) is 5.07. The predicted molar refractivity (Wildman–Crippen MR) is 105 cm³/mol. The zero-order valence-corrected chi connectivity index (χ0v) is 15.3. The van der Waals surface area contributed by atoms with Crippen LogP contribution in [0, 0.1) is 0 Å². The van der Waals surface area contributed by atoms with Gasteiger partial charge in [0.2, 0.25) is 11.1 Å². The summed E-state index contributed by atoms with van der Waals surface area (Å²) in [6, 6.07) is 14.8. The number of hydrogen-bond donors (Lipinski definition) is 2. The SMILES string of the molecule is C[C@H](Sc1nnc2c(n1)[nH]c1ccccc12)C(=O)Nc1ccc(Cl)cc1. The van der Waals surface area contributed by atoms with Gasteiger partial charge in [-0.05, 0) is 37.3 Å². The molecule has 130 valence electrons. The van der Waals surface area contributed by atoms with Crippen LogP contribution in [0.3, 0.4) is 0 Å². The molecule has 1 atom stereocenters. The Morgan fingerprint density at radius 3 is 2.73 bits per heavy atom. The van der Waals surface area contributed by atoms with Crippen molar-refractivity contribution in [2.75, 3.05) is 5.32 Å². The van der Waals surface area contributed by atoms with Gasteiger partial charge in [0.15, 0.2) is 5.65 Å². The lowest BCUT2D eigenvalue weighted by atomic mass is 10.2. The van der Waals surface area contributed by atoms with Crippen molar-refractivity contribution in [2.45, 2.75) is 17.3 Å². The van der Waals surface area contributed by atoms with E-state index in [2.05, 4.69) is 25.5 Å². The van der Waals surface area contributed by atoms with Crippen molar-refractivity contribution < 1.29 is 4.79 Å². The zero-order valence-electron chi connectivity index (χ0n) is 13.7. The molecule has 0 saturated heterocycles. The maximum atomic E-state index is 12.4. The molecule has 0 fully saturated rings. The van der Waals surface area contributed by atoms with Crippen molar-refractivity contribution in [1.82, 2.24) is 20.2 Å². The maximum Gasteiger partial charge on any atom is 0.237 e. The quantitative estimate of drug-likeness (QED) is 0.514. The standard InChI is InChI=1S/C18H14ClN5OS/c1-10(17(25)20-12-8-6-11(19)7-9-12)26-18-22-16-15(23-24-18)13-4-2-3-5-14(13)21-16/h2-10H,1H3,(H,20,25)(H,21,22,24)/t10-/m0/s1. The first-order valence-electron chi connectivity index (χ1n) is 7.94. The lowest BCUT2D eigenvalue weighted by Crippen LogP contribution is -2.22. The van der Waals surface area contributed by atoms with Gasteiger partial charge < -0.3 is 10.3 Å². The lowest BCUT2D eigenvalue weighted by Gasteiger charge is -2.10. The number of anilines is 1. The number of aromatic amines is 1. The molecule has 4 rings (SSSR count). The molecular weight excluding hydrogens is 370 g/mol. The fourth-order valence-electron chi connectivity index (χ4n) is 2.54. The highest BCUT2D eigenvalue weighted by atomic mass is 35.5. The van der Waals surface area contributed by atoms with Crippen molar-refractivity contribution in [1.29, 1.82) is 0 Å². The predicted octanol–water partition coefficient (Wildman–Crippen LogP) is 4.28. The lowest BCUT2D eigenvalue weighted by molar-refractivity contribution is -0.115. The van der Waals surface area contributed by atoms with Gasteiger partial charge in [0.1, 0.15) is 5.52 Å². The number of thioether (sulfide) groups is 1. The van der Waals surface area contributed by atoms with Gasteiger partial charge in [-0.15, -0.1) is 10.2 Å². The molecule has 2 N–H and O–H groups in total. The smallest absolute Gasteiger partial charge is 0.237 e. The van der Waals surface area contributed by atoms with Crippen molar-refractivity contribution in [2.24, 2.45) is 0 Å². The van der Waals surface area contributed by atoms with Gasteiger partial charge in [-0.3, -0.25) is 4.79 Å². The van der Waals surface area contributed by atoms with Crippen LogP contribution in [-0.4, -0.2) is 31.3 Å². The molecule has 4 aromatic rings. The Labute approximate surface area is 158 Å². The van der Waals surface area contributed by atoms with E-state index in [1.807, 2.05) is 24.3 Å². The molecule has 26 heavy (non-hydrogen) atoms. The summed E-state index contributed by atoms with van der Waals surface area (Å²) >= 11 is 7.11. The highest BCUT2D eigenvalue weighted by Crippen LogP contribution is 2.25. The van der Waals surface area contributed by atoms with Gasteiger partial charge in [-0.25, -0.2) is 4.98 Å². The summed E-state index contributed by atoms with van der Waals surface area (Å²) in [7, 11) is 0. The van der Waals surface area contributed by atoms with E-state index in [-0.39, 0.29) is 11.2 Å². The molecule has 0 aliphatic carbocycles. The first kappa shape index (κ1) is 16.8. The Morgan fingerprint density at radius 1 is 1.15 bits per heavy atom. The highest BCUT2D eigenvalue weighted by Gasteiger charge is 2.17. The van der Waals surface area contributed by atoms with Gasteiger partial charge in [0, 0.05) is 21.6 Å². The normalized spacial score (nSPS) is 12.4. The van der Waals surface area contributed by atoms with Crippen molar-refractivity contribution in [3.05, 3.63) is 53.6 Å². The summed E-state index contributed by atoms with van der Waals surface area (Å²) < 4.78 is 0. The van der Waals surface area contributed by atoms with Crippen LogP contribution in [-0.2, 0) is 4.79 Å². The van der Waals surface area contributed by atoms with Crippen molar-refractivity contribution in [3.8, 4) is 0 Å². The number of carbonyl (C=O) groups is 1. The van der Waals surface area contributed by atoms with Gasteiger partial charge in [0.25, 0.3) is 0 Å². The average molecular weight is 384 g/mol. The Balaban J connectivity index is 1.51. The number of para-hydroxylation sites is 1. The van der Waals surface area contributed by atoms with E-state index < -0.39 is 0 Å². The molecule has 2 aromatic carbocycles. The molecule has 0 spiro atoms. The summed E-state index contributed by atoms with van der Waals surface area (Å²) in [5.41, 5.74) is 3.04. The molecule has 0 bridgehead atoms. The van der Waals surface area contributed by atoms with Crippen LogP contribution in [0.1, 0.15) is 6.92 Å². The van der Waals surface area contributed by atoms with Crippen LogP contribution >= 0.6 is 23.4 Å². The van der Waals surface area contributed by atoms with E-state index in [0.717, 1.165) is 16.4 Å². The Kier molecular flexibility index (Phi) is 4.48. The number of amides is 1. The van der Waals surface area contributed by atoms with Gasteiger partial charge in [-0.1, -0.05) is 41.6 Å². The fraction of sp³-hybridized carbons (Fsp3) is 0.111. The second-order valence-corrected chi connectivity index (χ2v) is 7.46. The topological polar surface area (TPSA) is 83.6 Å². The molecule has 2 heterocycles. The number of hydrogen-bond acceptors (Lipinski definition) is 5. The minimum Gasteiger partial charge on any atom is -0.338 e. The summed E-state index contributed by atoms with van der Waals surface area (Å²) in [6.45, 7) is 1.80. The molecule has 0 unspecified atom stereocenters. The molecular formula is C18H14ClN5OS. The van der Waals surface area contributed by atoms with Crippen LogP contribution in [0.15, 0.2) is 53.7 Å². The number of halogens is 1. The highest BCUT2D eigenvalue weighted by molar-refractivity contribution is 8.00.